The van der Waals surface area contributed by atoms with E-state index in [0.717, 1.165) is 6.42 Å². The number of aromatic nitrogens is 1. The van der Waals surface area contributed by atoms with Crippen molar-refractivity contribution in [2.75, 3.05) is 11.9 Å². The molecule has 140 valence electrons. The summed E-state index contributed by atoms with van der Waals surface area (Å²) in [6.45, 7) is 2.71. The summed E-state index contributed by atoms with van der Waals surface area (Å²) in [5.41, 5.74) is 2.44. The van der Waals surface area contributed by atoms with Crippen LogP contribution in [0.3, 0.4) is 0 Å². The van der Waals surface area contributed by atoms with Gasteiger partial charge in [-0.15, -0.1) is 0 Å². The average Bonchev–Trinajstić information content (AvgIpc) is 2.94. The number of nitrogens with one attached hydrogen (secondary N) is 2. The highest BCUT2D eigenvalue weighted by Crippen LogP contribution is 2.18. The van der Waals surface area contributed by atoms with Crippen molar-refractivity contribution in [3.8, 4) is 0 Å². The van der Waals surface area contributed by atoms with Crippen molar-refractivity contribution in [3.63, 3.8) is 0 Å². The van der Waals surface area contributed by atoms with E-state index in [9.17, 15) is 14.4 Å². The van der Waals surface area contributed by atoms with Gasteiger partial charge in [-0.05, 0) is 42.3 Å². The van der Waals surface area contributed by atoms with Gasteiger partial charge in [0.1, 0.15) is 0 Å². The lowest BCUT2D eigenvalue weighted by Crippen LogP contribution is -2.24. The van der Waals surface area contributed by atoms with E-state index in [-0.39, 0.29) is 12.5 Å². The van der Waals surface area contributed by atoms with E-state index >= 15 is 0 Å². The number of fused-ring (bicyclic) bond motifs is 1. The number of carbonyl (C=O) groups is 2. The van der Waals surface area contributed by atoms with Crippen LogP contribution in [-0.4, -0.2) is 28.2 Å². The van der Waals surface area contributed by atoms with Crippen molar-refractivity contribution in [2.45, 2.75) is 19.9 Å². The van der Waals surface area contributed by atoms with E-state index in [1.807, 2.05) is 6.92 Å². The fraction of sp³-hybridized carbons (Fsp3) is 0.211. The van der Waals surface area contributed by atoms with E-state index in [2.05, 4.69) is 10.6 Å². The molecule has 0 aliphatic carbocycles. The van der Waals surface area contributed by atoms with Crippen LogP contribution < -0.4 is 16.4 Å². The van der Waals surface area contributed by atoms with Gasteiger partial charge >= 0.3 is 11.8 Å². The molecule has 0 bridgehead atoms. The van der Waals surface area contributed by atoms with Crippen LogP contribution in [0.4, 0.5) is 10.5 Å². The summed E-state index contributed by atoms with van der Waals surface area (Å²) >= 11 is 0. The number of amides is 2. The number of hydrogen-bond acceptors (Lipinski definition) is 4. The van der Waals surface area contributed by atoms with Crippen LogP contribution in [0.1, 0.15) is 29.3 Å². The molecule has 27 heavy (non-hydrogen) atoms. The Hall–Kier alpha value is -3.55. The maximum Gasteiger partial charge on any atom is 0.420 e. The van der Waals surface area contributed by atoms with Crippen LogP contribution in [0.25, 0.3) is 11.1 Å². The predicted molar refractivity (Wildman–Crippen MR) is 100 cm³/mol. The number of oxazole rings is 1. The highest BCUT2D eigenvalue weighted by Gasteiger charge is 2.13. The fourth-order valence-corrected chi connectivity index (χ4v) is 2.75. The molecule has 0 spiro atoms. The molecule has 2 amide bonds. The first-order chi connectivity index (χ1) is 13.0. The standard InChI is InChI=1S/C19H19N3O5/c1-2-8-20-17(23)13-6-7-16-15(10-13)22(19(26)27-16)11-12-4-3-5-14(9-12)21-18(24)25/h3-7,9-10,21H,2,8,11H2,1H3,(H,20,23)(H,24,25). The maximum atomic E-state index is 12.2. The summed E-state index contributed by atoms with van der Waals surface area (Å²) < 4.78 is 6.66. The molecule has 0 aliphatic rings. The number of benzene rings is 2. The second-order valence-corrected chi connectivity index (χ2v) is 6.02. The van der Waals surface area contributed by atoms with Crippen molar-refractivity contribution in [2.24, 2.45) is 0 Å². The normalized spacial score (nSPS) is 10.7. The Morgan fingerprint density at radius 2 is 2.00 bits per heavy atom. The minimum atomic E-state index is -1.17. The quantitative estimate of drug-likeness (QED) is 0.618. The monoisotopic (exact) mass is 369 g/mol. The largest absolute Gasteiger partial charge is 0.465 e. The zero-order valence-corrected chi connectivity index (χ0v) is 14.7. The topological polar surface area (TPSA) is 114 Å². The highest BCUT2D eigenvalue weighted by atomic mass is 16.4. The number of rotatable bonds is 6. The van der Waals surface area contributed by atoms with Crippen LogP contribution in [0.15, 0.2) is 51.7 Å². The zero-order chi connectivity index (χ0) is 19.4. The first-order valence-electron chi connectivity index (χ1n) is 8.48. The van der Waals surface area contributed by atoms with E-state index in [0.29, 0.717) is 34.5 Å². The number of carboxylic acid groups (broad SMARTS) is 1. The molecule has 8 nitrogen and oxygen atoms in total. The molecule has 0 atom stereocenters. The number of hydrogen-bond donors (Lipinski definition) is 3. The van der Waals surface area contributed by atoms with Crippen LogP contribution in [-0.2, 0) is 6.54 Å². The van der Waals surface area contributed by atoms with Gasteiger partial charge in [0.25, 0.3) is 5.91 Å². The molecule has 0 saturated carbocycles. The Kier molecular flexibility index (Phi) is 5.25. The van der Waals surface area contributed by atoms with Crippen molar-refractivity contribution < 1.29 is 19.1 Å². The van der Waals surface area contributed by atoms with Crippen molar-refractivity contribution >= 4 is 28.8 Å². The molecule has 0 radical (unpaired) electrons. The van der Waals surface area contributed by atoms with Crippen LogP contribution >= 0.6 is 0 Å². The zero-order valence-electron chi connectivity index (χ0n) is 14.7. The van der Waals surface area contributed by atoms with Gasteiger partial charge in [0.05, 0.1) is 12.1 Å². The van der Waals surface area contributed by atoms with Gasteiger partial charge in [0.15, 0.2) is 5.58 Å². The Morgan fingerprint density at radius 3 is 2.74 bits per heavy atom. The summed E-state index contributed by atoms with van der Waals surface area (Å²) in [6.07, 6.45) is -0.341. The number of carbonyl (C=O) groups excluding carboxylic acids is 1. The lowest BCUT2D eigenvalue weighted by molar-refractivity contribution is 0.0953. The SMILES string of the molecule is CCCNC(=O)c1ccc2oc(=O)n(Cc3cccc(NC(=O)O)c3)c2c1. The fourth-order valence-electron chi connectivity index (χ4n) is 2.75. The van der Waals surface area contributed by atoms with Gasteiger partial charge in [0.2, 0.25) is 0 Å². The van der Waals surface area contributed by atoms with Gasteiger partial charge in [0, 0.05) is 17.8 Å². The minimum Gasteiger partial charge on any atom is -0.465 e. The molecule has 0 unspecified atom stereocenters. The maximum absolute atomic E-state index is 12.2. The molecule has 1 heterocycles. The van der Waals surface area contributed by atoms with Crippen LogP contribution in [0.2, 0.25) is 0 Å². The van der Waals surface area contributed by atoms with Gasteiger partial charge in [-0.1, -0.05) is 19.1 Å². The van der Waals surface area contributed by atoms with Crippen LogP contribution in [0.5, 0.6) is 0 Å². The van der Waals surface area contributed by atoms with Gasteiger partial charge < -0.3 is 14.8 Å². The third-order valence-electron chi connectivity index (χ3n) is 3.98. The number of nitrogens with zero attached hydrogens (tertiary/aromatic N) is 1. The van der Waals surface area contributed by atoms with E-state index in [4.69, 9.17) is 9.52 Å². The molecule has 3 N–H and O–H groups in total. The molecular weight excluding hydrogens is 350 g/mol. The van der Waals surface area contributed by atoms with Crippen molar-refractivity contribution in [1.29, 1.82) is 0 Å². The molecule has 8 heteroatoms. The third-order valence-corrected chi connectivity index (χ3v) is 3.98. The molecule has 3 aromatic rings. The lowest BCUT2D eigenvalue weighted by Gasteiger charge is -2.07. The lowest BCUT2D eigenvalue weighted by atomic mass is 10.1. The summed E-state index contributed by atoms with van der Waals surface area (Å²) in [5, 5.41) is 13.9. The third kappa shape index (κ3) is 4.17. The summed E-state index contributed by atoms with van der Waals surface area (Å²) in [7, 11) is 0. The molecule has 0 saturated heterocycles. The number of anilines is 1. The Labute approximate surface area is 154 Å². The summed E-state index contributed by atoms with van der Waals surface area (Å²) in [6, 6.07) is 11.5. The predicted octanol–water partition coefficient (Wildman–Crippen LogP) is 2.87. The van der Waals surface area contributed by atoms with Crippen molar-refractivity contribution in [3.05, 3.63) is 64.1 Å². The van der Waals surface area contributed by atoms with E-state index < -0.39 is 11.8 Å². The van der Waals surface area contributed by atoms with Crippen molar-refractivity contribution in [1.82, 2.24) is 9.88 Å². The molecular formula is C19H19N3O5. The second-order valence-electron chi connectivity index (χ2n) is 6.02. The summed E-state index contributed by atoms with van der Waals surface area (Å²) in [4.78, 5) is 35.2. The minimum absolute atomic E-state index is 0.182. The first kappa shape index (κ1) is 18.2. The smallest absolute Gasteiger partial charge is 0.420 e. The molecule has 1 aromatic heterocycles. The molecule has 0 aliphatic heterocycles. The second kappa shape index (κ2) is 7.77. The summed E-state index contributed by atoms with van der Waals surface area (Å²) in [5.74, 6) is -0.765. The molecule has 2 aromatic carbocycles. The Balaban J connectivity index is 1.94. The van der Waals surface area contributed by atoms with Gasteiger partial charge in [-0.25, -0.2) is 9.59 Å². The van der Waals surface area contributed by atoms with Crippen LogP contribution in [0, 0.1) is 0 Å². The van der Waals surface area contributed by atoms with Gasteiger partial charge in [-0.2, -0.15) is 0 Å². The Morgan fingerprint density at radius 1 is 1.19 bits per heavy atom. The van der Waals surface area contributed by atoms with Gasteiger partial charge in [-0.3, -0.25) is 14.7 Å². The van der Waals surface area contributed by atoms with E-state index in [1.165, 1.54) is 4.57 Å². The molecule has 3 rings (SSSR count). The van der Waals surface area contributed by atoms with E-state index in [1.54, 1.807) is 42.5 Å². The highest BCUT2D eigenvalue weighted by molar-refractivity contribution is 5.97. The first-order valence-corrected chi connectivity index (χ1v) is 8.48. The molecule has 0 fully saturated rings. The Bertz CT molecular complexity index is 1050. The average molecular weight is 369 g/mol.